The Labute approximate surface area is 170 Å². The number of benzene rings is 2. The molecule has 0 aliphatic heterocycles. The summed E-state index contributed by atoms with van der Waals surface area (Å²) in [4.78, 5) is 4.62. The minimum Gasteiger partial charge on any atom is -0.497 e. The van der Waals surface area contributed by atoms with Crippen molar-refractivity contribution in [1.29, 1.82) is 0 Å². The molecule has 5 nitrogen and oxygen atoms in total. The highest BCUT2D eigenvalue weighted by Crippen LogP contribution is 2.23. The number of rotatable bonds is 9. The smallest absolute Gasteiger partial charge is 0.216 e. The normalized spacial score (nSPS) is 12.6. The second kappa shape index (κ2) is 9.32. The SMILES string of the molecule is CCc1nc([C@H](Cc2ccccc2)NS(=O)(=O)Cc2cccc(OC)c2)cs1. The van der Waals surface area contributed by atoms with E-state index in [-0.39, 0.29) is 5.75 Å². The van der Waals surface area contributed by atoms with Crippen molar-refractivity contribution in [3.8, 4) is 5.75 Å². The second-order valence-electron chi connectivity index (χ2n) is 6.49. The van der Waals surface area contributed by atoms with E-state index in [4.69, 9.17) is 4.74 Å². The van der Waals surface area contributed by atoms with Gasteiger partial charge in [-0.1, -0.05) is 49.4 Å². The maximum Gasteiger partial charge on any atom is 0.216 e. The van der Waals surface area contributed by atoms with Crippen LogP contribution in [0.1, 0.15) is 34.8 Å². The van der Waals surface area contributed by atoms with Gasteiger partial charge in [0.2, 0.25) is 10.0 Å². The number of aromatic nitrogens is 1. The van der Waals surface area contributed by atoms with Crippen LogP contribution in [0.5, 0.6) is 5.75 Å². The molecule has 7 heteroatoms. The first-order valence-corrected chi connectivity index (χ1v) is 11.6. The molecule has 1 aromatic heterocycles. The van der Waals surface area contributed by atoms with Gasteiger partial charge in [0.25, 0.3) is 0 Å². The fraction of sp³-hybridized carbons (Fsp3) is 0.286. The Morgan fingerprint density at radius 1 is 1.11 bits per heavy atom. The van der Waals surface area contributed by atoms with E-state index in [0.717, 1.165) is 22.7 Å². The lowest BCUT2D eigenvalue weighted by atomic mass is 10.1. The first kappa shape index (κ1) is 20.5. The molecule has 0 saturated carbocycles. The molecule has 2 aromatic carbocycles. The summed E-state index contributed by atoms with van der Waals surface area (Å²) < 4.78 is 33.8. The third-order valence-corrected chi connectivity index (χ3v) is 6.69. The summed E-state index contributed by atoms with van der Waals surface area (Å²) in [5, 5.41) is 2.94. The van der Waals surface area contributed by atoms with E-state index in [1.807, 2.05) is 42.6 Å². The quantitative estimate of drug-likeness (QED) is 0.570. The lowest BCUT2D eigenvalue weighted by Crippen LogP contribution is -2.31. The molecule has 0 saturated heterocycles. The third-order valence-electron chi connectivity index (χ3n) is 4.32. The van der Waals surface area contributed by atoms with Crippen molar-refractivity contribution in [2.45, 2.75) is 31.6 Å². The number of nitrogens with one attached hydrogen (secondary N) is 1. The minimum atomic E-state index is -3.57. The highest BCUT2D eigenvalue weighted by atomic mass is 32.2. The average Bonchev–Trinajstić information content (AvgIpc) is 3.17. The third kappa shape index (κ3) is 5.64. The summed E-state index contributed by atoms with van der Waals surface area (Å²) in [5.74, 6) is 0.529. The summed E-state index contributed by atoms with van der Waals surface area (Å²) in [7, 11) is -2.00. The van der Waals surface area contributed by atoms with E-state index in [9.17, 15) is 8.42 Å². The van der Waals surface area contributed by atoms with Crippen LogP contribution in [0.25, 0.3) is 0 Å². The monoisotopic (exact) mass is 416 g/mol. The van der Waals surface area contributed by atoms with Gasteiger partial charge in [0.1, 0.15) is 5.75 Å². The van der Waals surface area contributed by atoms with Crippen molar-refractivity contribution in [3.63, 3.8) is 0 Å². The number of sulfonamides is 1. The van der Waals surface area contributed by atoms with Gasteiger partial charge in [-0.15, -0.1) is 11.3 Å². The van der Waals surface area contributed by atoms with Crippen molar-refractivity contribution in [3.05, 3.63) is 81.8 Å². The molecule has 1 atom stereocenters. The van der Waals surface area contributed by atoms with E-state index in [2.05, 4.69) is 9.71 Å². The van der Waals surface area contributed by atoms with Crippen molar-refractivity contribution in [1.82, 2.24) is 9.71 Å². The van der Waals surface area contributed by atoms with Crippen LogP contribution in [-0.2, 0) is 28.6 Å². The zero-order valence-electron chi connectivity index (χ0n) is 16.0. The van der Waals surface area contributed by atoms with Crippen molar-refractivity contribution in [2.75, 3.05) is 7.11 Å². The molecule has 0 unspecified atom stereocenters. The number of hydrogen-bond acceptors (Lipinski definition) is 5. The summed E-state index contributed by atoms with van der Waals surface area (Å²) >= 11 is 1.56. The Kier molecular flexibility index (Phi) is 6.83. The van der Waals surface area contributed by atoms with Crippen LogP contribution in [0.2, 0.25) is 0 Å². The molecule has 0 aliphatic rings. The number of methoxy groups -OCH3 is 1. The number of aryl methyl sites for hydroxylation is 1. The van der Waals surface area contributed by atoms with Gasteiger partial charge in [0.05, 0.1) is 29.6 Å². The summed E-state index contributed by atoms with van der Waals surface area (Å²) in [5.41, 5.74) is 2.50. The van der Waals surface area contributed by atoms with E-state index < -0.39 is 16.1 Å². The van der Waals surface area contributed by atoms with Crippen molar-refractivity contribution in [2.24, 2.45) is 0 Å². The largest absolute Gasteiger partial charge is 0.497 e. The topological polar surface area (TPSA) is 68.3 Å². The minimum absolute atomic E-state index is 0.111. The molecular weight excluding hydrogens is 392 g/mol. The van der Waals surface area contributed by atoms with Gasteiger partial charge in [0, 0.05) is 5.38 Å². The Hall–Kier alpha value is -2.22. The van der Waals surface area contributed by atoms with E-state index >= 15 is 0 Å². The van der Waals surface area contributed by atoms with Crippen LogP contribution >= 0.6 is 11.3 Å². The number of nitrogens with zero attached hydrogens (tertiary/aromatic N) is 1. The van der Waals surface area contributed by atoms with Gasteiger partial charge in [-0.05, 0) is 36.1 Å². The summed E-state index contributed by atoms with van der Waals surface area (Å²) in [6.07, 6.45) is 1.38. The molecule has 148 valence electrons. The molecule has 0 spiro atoms. The van der Waals surface area contributed by atoms with Crippen LogP contribution < -0.4 is 9.46 Å². The van der Waals surface area contributed by atoms with E-state index in [1.165, 1.54) is 0 Å². The lowest BCUT2D eigenvalue weighted by Gasteiger charge is -2.17. The summed E-state index contributed by atoms with van der Waals surface area (Å²) in [6, 6.07) is 16.6. The number of hydrogen-bond donors (Lipinski definition) is 1. The molecule has 3 aromatic rings. The van der Waals surface area contributed by atoms with Gasteiger partial charge in [0.15, 0.2) is 0 Å². The Morgan fingerprint density at radius 2 is 1.86 bits per heavy atom. The second-order valence-corrected chi connectivity index (χ2v) is 9.19. The highest BCUT2D eigenvalue weighted by Gasteiger charge is 2.23. The lowest BCUT2D eigenvalue weighted by molar-refractivity contribution is 0.414. The molecule has 1 N–H and O–H groups in total. The molecule has 0 radical (unpaired) electrons. The first-order valence-electron chi connectivity index (χ1n) is 9.10. The van der Waals surface area contributed by atoms with Crippen LogP contribution in [0, 0.1) is 0 Å². The van der Waals surface area contributed by atoms with Crippen LogP contribution in [0.3, 0.4) is 0 Å². The standard InChI is InChI=1S/C21H24N2O3S2/c1-3-21-22-20(14-27-21)19(13-16-8-5-4-6-9-16)23-28(24,25)15-17-10-7-11-18(12-17)26-2/h4-12,14,19,23H,3,13,15H2,1-2H3/t19-/m0/s1. The fourth-order valence-electron chi connectivity index (χ4n) is 2.94. The van der Waals surface area contributed by atoms with Gasteiger partial charge >= 0.3 is 0 Å². The number of thiazole rings is 1. The van der Waals surface area contributed by atoms with Gasteiger partial charge in [-0.25, -0.2) is 18.1 Å². The summed E-state index contributed by atoms with van der Waals surface area (Å²) in [6.45, 7) is 2.04. The van der Waals surface area contributed by atoms with Gasteiger partial charge in [-0.2, -0.15) is 0 Å². The van der Waals surface area contributed by atoms with E-state index in [1.54, 1.807) is 42.7 Å². The fourth-order valence-corrected chi connectivity index (χ4v) is 5.08. The molecule has 3 rings (SSSR count). The molecule has 0 aliphatic carbocycles. The Bertz CT molecular complexity index is 1000. The van der Waals surface area contributed by atoms with Gasteiger partial charge < -0.3 is 4.74 Å². The highest BCUT2D eigenvalue weighted by molar-refractivity contribution is 7.88. The first-order chi connectivity index (χ1) is 13.5. The molecular formula is C21H24N2O3S2. The zero-order valence-corrected chi connectivity index (χ0v) is 17.6. The Balaban J connectivity index is 1.82. The van der Waals surface area contributed by atoms with Crippen LogP contribution in [0.15, 0.2) is 60.0 Å². The maximum atomic E-state index is 12.9. The molecule has 1 heterocycles. The predicted octanol–water partition coefficient (Wildman–Crippen LogP) is 4.12. The molecule has 0 fully saturated rings. The predicted molar refractivity (Wildman–Crippen MR) is 113 cm³/mol. The van der Waals surface area contributed by atoms with Crippen LogP contribution in [0.4, 0.5) is 0 Å². The molecule has 0 bridgehead atoms. The molecule has 28 heavy (non-hydrogen) atoms. The zero-order chi connectivity index (χ0) is 20.0. The van der Waals surface area contributed by atoms with Crippen molar-refractivity contribution >= 4 is 21.4 Å². The van der Waals surface area contributed by atoms with Gasteiger partial charge in [-0.3, -0.25) is 0 Å². The number of ether oxygens (including phenoxy) is 1. The Morgan fingerprint density at radius 3 is 2.54 bits per heavy atom. The van der Waals surface area contributed by atoms with Crippen LogP contribution in [-0.4, -0.2) is 20.5 Å². The maximum absolute atomic E-state index is 12.9. The van der Waals surface area contributed by atoms with Crippen molar-refractivity contribution < 1.29 is 13.2 Å². The van der Waals surface area contributed by atoms with E-state index in [0.29, 0.717) is 17.7 Å². The average molecular weight is 417 g/mol. The molecule has 0 amide bonds.